The zero-order valence-corrected chi connectivity index (χ0v) is 13.8. The number of nitrogens with one attached hydrogen (secondary N) is 1. The maximum atomic E-state index is 6.14. The molecule has 0 bridgehead atoms. The first-order chi connectivity index (χ1) is 10.1. The first kappa shape index (κ1) is 15.0. The van der Waals surface area contributed by atoms with Gasteiger partial charge in [0, 0.05) is 30.5 Å². The van der Waals surface area contributed by atoms with Crippen molar-refractivity contribution < 1.29 is 0 Å². The van der Waals surface area contributed by atoms with Gasteiger partial charge in [-0.15, -0.1) is 0 Å². The molecule has 0 radical (unpaired) electrons. The van der Waals surface area contributed by atoms with Crippen molar-refractivity contribution in [2.75, 3.05) is 32.5 Å². The minimum atomic E-state index is 0.376. The summed E-state index contributed by atoms with van der Waals surface area (Å²) in [5, 5.41) is 4.09. The lowest BCUT2D eigenvalue weighted by atomic mass is 9.85. The maximum Gasteiger partial charge on any atom is 0.135 e. The first-order valence-electron chi connectivity index (χ1n) is 7.99. The summed E-state index contributed by atoms with van der Waals surface area (Å²) in [7, 11) is 4.32. The van der Waals surface area contributed by atoms with Crippen LogP contribution in [0.5, 0.6) is 0 Å². The van der Waals surface area contributed by atoms with Gasteiger partial charge in [0.15, 0.2) is 0 Å². The van der Waals surface area contributed by atoms with Crippen molar-refractivity contribution in [3.63, 3.8) is 0 Å². The van der Waals surface area contributed by atoms with E-state index in [9.17, 15) is 0 Å². The Balaban J connectivity index is 1.68. The Morgan fingerprint density at radius 2 is 2.00 bits per heavy atom. The smallest absolute Gasteiger partial charge is 0.135 e. The molecular weight excluding hydrogens is 284 g/mol. The molecule has 2 saturated carbocycles. The highest BCUT2D eigenvalue weighted by molar-refractivity contribution is 6.29. The number of halogens is 1. The zero-order chi connectivity index (χ0) is 14.9. The van der Waals surface area contributed by atoms with Crippen molar-refractivity contribution in [2.45, 2.75) is 44.4 Å². The van der Waals surface area contributed by atoms with E-state index in [4.69, 9.17) is 11.6 Å². The summed E-state index contributed by atoms with van der Waals surface area (Å²) < 4.78 is 0. The molecule has 1 aromatic heterocycles. The number of rotatable bonds is 6. The Bertz CT molecular complexity index is 493. The molecule has 2 aliphatic carbocycles. The van der Waals surface area contributed by atoms with Gasteiger partial charge in [0.05, 0.1) is 0 Å². The molecule has 0 atom stereocenters. The number of nitrogens with zero attached hydrogens (tertiary/aromatic N) is 3. The number of hydrogen-bond donors (Lipinski definition) is 1. The van der Waals surface area contributed by atoms with Crippen molar-refractivity contribution in [3.05, 3.63) is 17.0 Å². The largest absolute Gasteiger partial charge is 0.369 e. The van der Waals surface area contributed by atoms with Crippen molar-refractivity contribution in [3.8, 4) is 0 Å². The van der Waals surface area contributed by atoms with E-state index in [-0.39, 0.29) is 0 Å². The van der Waals surface area contributed by atoms with Gasteiger partial charge in [-0.1, -0.05) is 24.4 Å². The Labute approximate surface area is 132 Å². The molecular formula is C16H25ClN4. The topological polar surface area (TPSA) is 41.0 Å². The van der Waals surface area contributed by atoms with Crippen LogP contribution in [0.2, 0.25) is 5.15 Å². The van der Waals surface area contributed by atoms with E-state index >= 15 is 0 Å². The van der Waals surface area contributed by atoms with E-state index in [0.29, 0.717) is 16.5 Å². The lowest BCUT2D eigenvalue weighted by Gasteiger charge is -2.32. The summed E-state index contributed by atoms with van der Waals surface area (Å²) >= 11 is 6.14. The Hall–Kier alpha value is -0.870. The van der Waals surface area contributed by atoms with Crippen molar-refractivity contribution in [1.29, 1.82) is 0 Å². The number of anilines is 1. The number of hydrogen-bond acceptors (Lipinski definition) is 4. The lowest BCUT2D eigenvalue weighted by molar-refractivity contribution is 0.215. The van der Waals surface area contributed by atoms with Crippen LogP contribution in [0.15, 0.2) is 6.07 Å². The Morgan fingerprint density at radius 1 is 1.29 bits per heavy atom. The minimum Gasteiger partial charge on any atom is -0.369 e. The van der Waals surface area contributed by atoms with Gasteiger partial charge in [-0.05, 0) is 39.8 Å². The SMILES string of the molecule is CN(C)CC1(CNc2cc(Cl)nc(C3CC3)n2)CCCC1. The molecule has 1 aromatic rings. The molecule has 21 heavy (non-hydrogen) atoms. The third-order valence-corrected chi connectivity index (χ3v) is 4.81. The molecule has 0 aliphatic heterocycles. The predicted molar refractivity (Wildman–Crippen MR) is 87.0 cm³/mol. The quantitative estimate of drug-likeness (QED) is 0.816. The first-order valence-corrected chi connectivity index (χ1v) is 8.37. The fraction of sp³-hybridized carbons (Fsp3) is 0.750. The molecule has 0 saturated heterocycles. The molecule has 1 N–H and O–H groups in total. The van der Waals surface area contributed by atoms with Crippen LogP contribution in [0.3, 0.4) is 0 Å². The molecule has 5 heteroatoms. The predicted octanol–water partition coefficient (Wildman–Crippen LogP) is 3.54. The van der Waals surface area contributed by atoms with E-state index in [2.05, 4.69) is 34.3 Å². The third-order valence-electron chi connectivity index (χ3n) is 4.62. The highest BCUT2D eigenvalue weighted by atomic mass is 35.5. The van der Waals surface area contributed by atoms with Crippen LogP contribution in [0.1, 0.15) is 50.3 Å². The molecule has 1 heterocycles. The van der Waals surface area contributed by atoms with Gasteiger partial charge in [0.25, 0.3) is 0 Å². The molecule has 0 amide bonds. The molecule has 3 rings (SSSR count). The molecule has 0 aromatic carbocycles. The Morgan fingerprint density at radius 3 is 2.62 bits per heavy atom. The van der Waals surface area contributed by atoms with E-state index in [0.717, 1.165) is 24.7 Å². The van der Waals surface area contributed by atoms with E-state index < -0.39 is 0 Å². The van der Waals surface area contributed by atoms with Gasteiger partial charge in [-0.25, -0.2) is 9.97 Å². The highest BCUT2D eigenvalue weighted by Gasteiger charge is 2.34. The minimum absolute atomic E-state index is 0.376. The van der Waals surface area contributed by atoms with Crippen molar-refractivity contribution in [2.24, 2.45) is 5.41 Å². The lowest BCUT2D eigenvalue weighted by Crippen LogP contribution is -2.37. The molecule has 0 unspecified atom stereocenters. The molecule has 116 valence electrons. The summed E-state index contributed by atoms with van der Waals surface area (Å²) in [6.07, 6.45) is 7.68. The van der Waals surface area contributed by atoms with Gasteiger partial charge in [0.2, 0.25) is 0 Å². The highest BCUT2D eigenvalue weighted by Crippen LogP contribution is 2.40. The second-order valence-corrected chi connectivity index (χ2v) is 7.39. The molecule has 2 fully saturated rings. The average Bonchev–Trinajstić information content (AvgIpc) is 3.17. The summed E-state index contributed by atoms with van der Waals surface area (Å²) in [5.74, 6) is 2.34. The van der Waals surface area contributed by atoms with Crippen LogP contribution in [-0.4, -0.2) is 42.1 Å². The summed E-state index contributed by atoms with van der Waals surface area (Å²) in [4.78, 5) is 11.3. The number of aromatic nitrogens is 2. The van der Waals surface area contributed by atoms with E-state index in [1.54, 1.807) is 0 Å². The average molecular weight is 309 g/mol. The van der Waals surface area contributed by atoms with Gasteiger partial charge < -0.3 is 10.2 Å². The third kappa shape index (κ3) is 3.86. The van der Waals surface area contributed by atoms with E-state index in [1.165, 1.54) is 38.5 Å². The molecule has 0 spiro atoms. The maximum absolute atomic E-state index is 6.14. The molecule has 2 aliphatic rings. The standard InChI is InChI=1S/C16H25ClN4/c1-21(2)11-16(7-3-4-8-16)10-18-14-9-13(17)19-15(20-14)12-5-6-12/h9,12H,3-8,10-11H2,1-2H3,(H,18,19,20). The van der Waals surface area contributed by atoms with Crippen LogP contribution < -0.4 is 5.32 Å². The van der Waals surface area contributed by atoms with Crippen LogP contribution in [-0.2, 0) is 0 Å². The fourth-order valence-corrected chi connectivity index (χ4v) is 3.70. The van der Waals surface area contributed by atoms with Crippen LogP contribution in [0, 0.1) is 5.41 Å². The normalized spacial score (nSPS) is 21.0. The second kappa shape index (κ2) is 6.09. The van der Waals surface area contributed by atoms with Crippen LogP contribution in [0.25, 0.3) is 0 Å². The van der Waals surface area contributed by atoms with E-state index in [1.807, 2.05) is 6.07 Å². The summed E-state index contributed by atoms with van der Waals surface area (Å²) in [6, 6.07) is 1.85. The second-order valence-electron chi connectivity index (χ2n) is 7.01. The summed E-state index contributed by atoms with van der Waals surface area (Å²) in [5.41, 5.74) is 0.376. The van der Waals surface area contributed by atoms with Gasteiger partial charge in [0.1, 0.15) is 16.8 Å². The zero-order valence-electron chi connectivity index (χ0n) is 13.0. The molecule has 4 nitrogen and oxygen atoms in total. The van der Waals surface area contributed by atoms with Crippen molar-refractivity contribution >= 4 is 17.4 Å². The Kier molecular flexibility index (Phi) is 4.36. The van der Waals surface area contributed by atoms with Gasteiger partial charge >= 0.3 is 0 Å². The van der Waals surface area contributed by atoms with Gasteiger partial charge in [-0.3, -0.25) is 0 Å². The fourth-order valence-electron chi connectivity index (χ4n) is 3.51. The summed E-state index contributed by atoms with van der Waals surface area (Å²) in [6.45, 7) is 2.11. The van der Waals surface area contributed by atoms with Crippen LogP contribution >= 0.6 is 11.6 Å². The monoisotopic (exact) mass is 308 g/mol. The van der Waals surface area contributed by atoms with Crippen molar-refractivity contribution in [1.82, 2.24) is 14.9 Å². The van der Waals surface area contributed by atoms with Gasteiger partial charge in [-0.2, -0.15) is 0 Å². The van der Waals surface area contributed by atoms with Crippen LogP contribution in [0.4, 0.5) is 5.82 Å².